The topological polar surface area (TPSA) is 45.7 Å². The highest BCUT2D eigenvalue weighted by Crippen LogP contribution is 2.19. The van der Waals surface area contributed by atoms with E-state index in [9.17, 15) is 4.79 Å². The molecule has 0 atom stereocenters. The van der Waals surface area contributed by atoms with Crippen LogP contribution >= 0.6 is 0 Å². The number of piperidine rings is 1. The highest BCUT2D eigenvalue weighted by atomic mass is 16.5. The number of likely N-dealkylation sites (tertiary alicyclic amines) is 1. The molecule has 0 N–H and O–H groups in total. The minimum atomic E-state index is 0.0599. The van der Waals surface area contributed by atoms with Gasteiger partial charge in [0.1, 0.15) is 5.69 Å². The summed E-state index contributed by atoms with van der Waals surface area (Å²) in [5, 5.41) is 1.07. The molecule has 2 fully saturated rings. The van der Waals surface area contributed by atoms with E-state index in [-0.39, 0.29) is 11.9 Å². The summed E-state index contributed by atoms with van der Waals surface area (Å²) in [4.78, 5) is 22.6. The van der Waals surface area contributed by atoms with Crippen LogP contribution in [0.3, 0.4) is 0 Å². The predicted octanol–water partition coefficient (Wildman–Crippen LogP) is 3.34. The Morgan fingerprint density at radius 1 is 1.07 bits per heavy atom. The maximum Gasteiger partial charge on any atom is 0.272 e. The number of ether oxygens (including phenoxy) is 1. The van der Waals surface area contributed by atoms with E-state index in [0.717, 1.165) is 63.1 Å². The summed E-state index contributed by atoms with van der Waals surface area (Å²) in [6, 6.07) is 12.1. The Labute approximate surface area is 161 Å². The molecule has 0 radical (unpaired) electrons. The van der Waals surface area contributed by atoms with Gasteiger partial charge in [-0.1, -0.05) is 30.7 Å². The van der Waals surface area contributed by atoms with Gasteiger partial charge in [0.2, 0.25) is 0 Å². The summed E-state index contributed by atoms with van der Waals surface area (Å²) in [5.74, 6) is 0.0599. The predicted molar refractivity (Wildman–Crippen MR) is 107 cm³/mol. The molecule has 3 heterocycles. The zero-order chi connectivity index (χ0) is 18.5. The molecule has 1 aromatic heterocycles. The summed E-state index contributed by atoms with van der Waals surface area (Å²) < 4.78 is 5.52. The number of rotatable bonds is 5. The maximum absolute atomic E-state index is 13.4. The fourth-order valence-electron chi connectivity index (χ4n) is 4.21. The molecule has 144 valence electrons. The van der Waals surface area contributed by atoms with E-state index < -0.39 is 0 Å². The average molecular weight is 367 g/mol. The lowest BCUT2D eigenvalue weighted by atomic mass is 10.1. The second kappa shape index (κ2) is 8.81. The Balaban J connectivity index is 1.52. The average Bonchev–Trinajstić information content (AvgIpc) is 2.75. The molecule has 0 aliphatic carbocycles. The SMILES string of the molecule is O=C(c1ccc2ccccc2n1)N(CCN1CCCCC1)C1CCOCC1. The van der Waals surface area contributed by atoms with Crippen LogP contribution in [0.25, 0.3) is 10.9 Å². The summed E-state index contributed by atoms with van der Waals surface area (Å²) in [5.41, 5.74) is 1.44. The highest BCUT2D eigenvalue weighted by Gasteiger charge is 2.28. The molecule has 0 spiro atoms. The van der Waals surface area contributed by atoms with Crippen LogP contribution in [0.1, 0.15) is 42.6 Å². The van der Waals surface area contributed by atoms with Crippen molar-refractivity contribution < 1.29 is 9.53 Å². The van der Waals surface area contributed by atoms with Crippen LogP contribution in [0.2, 0.25) is 0 Å². The van der Waals surface area contributed by atoms with Crippen LogP contribution in [0.4, 0.5) is 0 Å². The number of aromatic nitrogens is 1. The van der Waals surface area contributed by atoms with Crippen molar-refractivity contribution in [3.63, 3.8) is 0 Å². The van der Waals surface area contributed by atoms with Crippen molar-refractivity contribution in [2.75, 3.05) is 39.4 Å². The van der Waals surface area contributed by atoms with Gasteiger partial charge in [0.15, 0.2) is 0 Å². The van der Waals surface area contributed by atoms with Crippen LogP contribution in [0.15, 0.2) is 36.4 Å². The summed E-state index contributed by atoms with van der Waals surface area (Å²) >= 11 is 0. The largest absolute Gasteiger partial charge is 0.381 e. The minimum absolute atomic E-state index is 0.0599. The van der Waals surface area contributed by atoms with Gasteiger partial charge in [0, 0.05) is 37.7 Å². The lowest BCUT2D eigenvalue weighted by Gasteiger charge is -2.36. The van der Waals surface area contributed by atoms with E-state index in [1.807, 2.05) is 36.4 Å². The highest BCUT2D eigenvalue weighted by molar-refractivity contribution is 5.95. The van der Waals surface area contributed by atoms with Crippen LogP contribution < -0.4 is 0 Å². The number of pyridine rings is 1. The van der Waals surface area contributed by atoms with Gasteiger partial charge in [0.25, 0.3) is 5.91 Å². The molecule has 5 heteroatoms. The molecule has 5 nitrogen and oxygen atoms in total. The third-order valence-corrected chi connectivity index (χ3v) is 5.82. The maximum atomic E-state index is 13.4. The van der Waals surface area contributed by atoms with Gasteiger partial charge in [-0.15, -0.1) is 0 Å². The first-order valence-corrected chi connectivity index (χ1v) is 10.3. The lowest BCUT2D eigenvalue weighted by Crippen LogP contribution is -2.47. The number of para-hydroxylation sites is 1. The van der Waals surface area contributed by atoms with E-state index in [4.69, 9.17) is 4.74 Å². The van der Waals surface area contributed by atoms with Crippen LogP contribution in [-0.2, 0) is 4.74 Å². The number of carbonyl (C=O) groups excluding carboxylic acids is 1. The fourth-order valence-corrected chi connectivity index (χ4v) is 4.21. The first kappa shape index (κ1) is 18.4. The van der Waals surface area contributed by atoms with E-state index in [2.05, 4.69) is 14.8 Å². The smallest absolute Gasteiger partial charge is 0.272 e. The van der Waals surface area contributed by atoms with Gasteiger partial charge in [-0.2, -0.15) is 0 Å². The normalized spacial score (nSPS) is 19.3. The number of nitrogens with zero attached hydrogens (tertiary/aromatic N) is 3. The number of carbonyl (C=O) groups is 1. The first-order chi connectivity index (χ1) is 13.3. The molecule has 27 heavy (non-hydrogen) atoms. The first-order valence-electron chi connectivity index (χ1n) is 10.3. The molecule has 2 aliphatic heterocycles. The molecule has 1 aromatic carbocycles. The van der Waals surface area contributed by atoms with Crippen molar-refractivity contribution in [3.8, 4) is 0 Å². The van der Waals surface area contributed by atoms with Gasteiger partial charge in [0.05, 0.1) is 5.52 Å². The van der Waals surface area contributed by atoms with E-state index in [1.165, 1.54) is 19.3 Å². The Bertz CT molecular complexity index is 767. The molecule has 2 aromatic rings. The standard InChI is InChI=1S/C22H29N3O2/c26-22(21-9-8-18-6-2-3-7-20(18)23-21)25(19-10-16-27-17-11-19)15-14-24-12-4-1-5-13-24/h2-3,6-9,19H,1,4-5,10-17H2. The molecular formula is C22H29N3O2. The zero-order valence-corrected chi connectivity index (χ0v) is 16.0. The third kappa shape index (κ3) is 4.47. The van der Waals surface area contributed by atoms with E-state index >= 15 is 0 Å². The van der Waals surface area contributed by atoms with E-state index in [1.54, 1.807) is 0 Å². The van der Waals surface area contributed by atoms with Crippen molar-refractivity contribution >= 4 is 16.8 Å². The number of amides is 1. The molecule has 0 saturated carbocycles. The van der Waals surface area contributed by atoms with Gasteiger partial charge in [-0.3, -0.25) is 4.79 Å². The minimum Gasteiger partial charge on any atom is -0.381 e. The number of hydrogen-bond acceptors (Lipinski definition) is 4. The van der Waals surface area contributed by atoms with Gasteiger partial charge >= 0.3 is 0 Å². The Kier molecular flexibility index (Phi) is 6.00. The van der Waals surface area contributed by atoms with Crippen molar-refractivity contribution in [1.29, 1.82) is 0 Å². The van der Waals surface area contributed by atoms with E-state index in [0.29, 0.717) is 5.69 Å². The van der Waals surface area contributed by atoms with Gasteiger partial charge < -0.3 is 14.5 Å². The summed E-state index contributed by atoms with van der Waals surface area (Å²) in [6.45, 7) is 5.52. The third-order valence-electron chi connectivity index (χ3n) is 5.82. The number of fused-ring (bicyclic) bond motifs is 1. The van der Waals surface area contributed by atoms with Crippen LogP contribution in [0.5, 0.6) is 0 Å². The molecular weight excluding hydrogens is 338 g/mol. The quantitative estimate of drug-likeness (QED) is 0.813. The number of benzene rings is 1. The zero-order valence-electron chi connectivity index (χ0n) is 16.0. The van der Waals surface area contributed by atoms with Crippen LogP contribution in [0, 0.1) is 0 Å². The molecule has 4 rings (SSSR count). The molecule has 2 saturated heterocycles. The van der Waals surface area contributed by atoms with Crippen molar-refractivity contribution in [1.82, 2.24) is 14.8 Å². The molecule has 0 bridgehead atoms. The Hall–Kier alpha value is -1.98. The van der Waals surface area contributed by atoms with Gasteiger partial charge in [-0.25, -0.2) is 4.98 Å². The molecule has 1 amide bonds. The molecule has 0 unspecified atom stereocenters. The Morgan fingerprint density at radius 3 is 2.67 bits per heavy atom. The number of hydrogen-bond donors (Lipinski definition) is 0. The monoisotopic (exact) mass is 367 g/mol. The molecule has 2 aliphatic rings. The van der Waals surface area contributed by atoms with Gasteiger partial charge in [-0.05, 0) is 50.9 Å². The lowest BCUT2D eigenvalue weighted by molar-refractivity contribution is 0.0256. The van der Waals surface area contributed by atoms with Crippen molar-refractivity contribution in [2.45, 2.75) is 38.1 Å². The van der Waals surface area contributed by atoms with Crippen LogP contribution in [-0.4, -0.2) is 66.1 Å². The van der Waals surface area contributed by atoms with Crippen molar-refractivity contribution in [3.05, 3.63) is 42.1 Å². The second-order valence-corrected chi connectivity index (χ2v) is 7.63. The fraction of sp³-hybridized carbons (Fsp3) is 0.545. The second-order valence-electron chi connectivity index (χ2n) is 7.63. The summed E-state index contributed by atoms with van der Waals surface area (Å²) in [7, 11) is 0. The van der Waals surface area contributed by atoms with Crippen molar-refractivity contribution in [2.24, 2.45) is 0 Å². The Morgan fingerprint density at radius 2 is 1.85 bits per heavy atom. The summed E-state index contributed by atoms with van der Waals surface area (Å²) in [6.07, 6.45) is 5.72.